The zero-order valence-electron chi connectivity index (χ0n) is 14.2. The number of fused-ring (bicyclic) bond motifs is 1. The lowest BCUT2D eigenvalue weighted by atomic mass is 9.88. The van der Waals surface area contributed by atoms with Crippen molar-refractivity contribution in [2.45, 2.75) is 37.8 Å². The third kappa shape index (κ3) is 3.26. The Morgan fingerprint density at radius 3 is 2.92 bits per heavy atom. The first kappa shape index (κ1) is 16.5. The van der Waals surface area contributed by atoms with Crippen LogP contribution < -0.4 is 0 Å². The summed E-state index contributed by atoms with van der Waals surface area (Å²) in [7, 11) is 0. The molecule has 7 heteroatoms. The van der Waals surface area contributed by atoms with Crippen LogP contribution >= 0.6 is 0 Å². The number of aromatic nitrogens is 1. The summed E-state index contributed by atoms with van der Waals surface area (Å²) >= 11 is 0. The highest BCUT2D eigenvalue weighted by molar-refractivity contribution is 5.94. The van der Waals surface area contributed by atoms with Crippen molar-refractivity contribution in [1.82, 2.24) is 14.9 Å². The number of rotatable bonds is 2. The van der Waals surface area contributed by atoms with Gasteiger partial charge in [0.1, 0.15) is 0 Å². The monoisotopic (exact) mass is 345 g/mol. The van der Waals surface area contributed by atoms with Gasteiger partial charge in [0.15, 0.2) is 0 Å². The summed E-state index contributed by atoms with van der Waals surface area (Å²) in [6.45, 7) is 2.25. The predicted molar refractivity (Wildman–Crippen MR) is 88.4 cm³/mol. The molecule has 2 amide bonds. The van der Waals surface area contributed by atoms with Crippen molar-refractivity contribution >= 4 is 11.8 Å². The fourth-order valence-corrected chi connectivity index (χ4v) is 3.99. The molecule has 0 radical (unpaired) electrons. The molecule has 1 aromatic rings. The topological polar surface area (TPSA) is 72.0 Å². The zero-order valence-corrected chi connectivity index (χ0v) is 14.2. The second-order valence-electron chi connectivity index (χ2n) is 6.88. The Morgan fingerprint density at radius 1 is 1.24 bits per heavy atom. The van der Waals surface area contributed by atoms with Crippen molar-refractivity contribution in [1.29, 1.82) is 0 Å². The molecule has 0 bridgehead atoms. The van der Waals surface area contributed by atoms with Crippen molar-refractivity contribution in [3.05, 3.63) is 30.1 Å². The first-order valence-electron chi connectivity index (χ1n) is 9.01. The Labute approximate surface area is 146 Å². The zero-order chi connectivity index (χ0) is 17.2. The number of hydroxylamine groups is 2. The Hall–Kier alpha value is -1.99. The van der Waals surface area contributed by atoms with E-state index in [0.717, 1.165) is 19.3 Å². The number of carbonyl (C=O) groups is 2. The van der Waals surface area contributed by atoms with Gasteiger partial charge in [-0.25, -0.2) is 5.06 Å². The molecule has 7 nitrogen and oxygen atoms in total. The van der Waals surface area contributed by atoms with Gasteiger partial charge in [-0.05, 0) is 37.8 Å². The summed E-state index contributed by atoms with van der Waals surface area (Å²) in [6.07, 6.45) is 6.56. The molecule has 3 aliphatic rings. The summed E-state index contributed by atoms with van der Waals surface area (Å²) in [5.74, 6) is -0.388. The van der Waals surface area contributed by atoms with Crippen LogP contribution in [0.2, 0.25) is 0 Å². The molecule has 3 saturated heterocycles. The lowest BCUT2D eigenvalue weighted by Gasteiger charge is -2.41. The number of likely N-dealkylation sites (tertiary alicyclic amines) is 1. The summed E-state index contributed by atoms with van der Waals surface area (Å²) in [5, 5.41) is 1.48. The molecule has 25 heavy (non-hydrogen) atoms. The van der Waals surface area contributed by atoms with E-state index in [-0.39, 0.29) is 29.9 Å². The summed E-state index contributed by atoms with van der Waals surface area (Å²) < 4.78 is 5.82. The molecule has 0 aliphatic carbocycles. The molecule has 3 aliphatic heterocycles. The van der Waals surface area contributed by atoms with E-state index >= 15 is 0 Å². The second-order valence-corrected chi connectivity index (χ2v) is 6.88. The Kier molecular flexibility index (Phi) is 4.67. The standard InChI is InChI=1S/C18H23N3O4/c22-17(13-4-3-6-19-11-13)20-12-14(10-16-15(20)5-9-24-16)18(23)21-7-1-2-8-25-21/h3-4,6,11,14-16H,1-2,5,7-10,12H2/t14-,15+,16+/m1/s1. The van der Waals surface area contributed by atoms with Gasteiger partial charge in [0, 0.05) is 32.1 Å². The summed E-state index contributed by atoms with van der Waals surface area (Å²) in [6, 6.07) is 3.56. The highest BCUT2D eigenvalue weighted by Crippen LogP contribution is 2.33. The van der Waals surface area contributed by atoms with Crippen molar-refractivity contribution in [2.75, 3.05) is 26.3 Å². The Balaban J connectivity index is 1.53. The highest BCUT2D eigenvalue weighted by atomic mass is 16.7. The van der Waals surface area contributed by atoms with Crippen LogP contribution in [0.25, 0.3) is 0 Å². The lowest BCUT2D eigenvalue weighted by molar-refractivity contribution is -0.203. The van der Waals surface area contributed by atoms with Gasteiger partial charge in [0.05, 0.1) is 30.2 Å². The van der Waals surface area contributed by atoms with Gasteiger partial charge >= 0.3 is 0 Å². The van der Waals surface area contributed by atoms with Crippen LogP contribution in [-0.4, -0.2) is 65.2 Å². The molecular weight excluding hydrogens is 322 g/mol. The smallest absolute Gasteiger partial charge is 0.255 e. The van der Waals surface area contributed by atoms with Gasteiger partial charge in [-0.15, -0.1) is 0 Å². The minimum Gasteiger partial charge on any atom is -0.376 e. The van der Waals surface area contributed by atoms with Crippen molar-refractivity contribution in [3.8, 4) is 0 Å². The van der Waals surface area contributed by atoms with Gasteiger partial charge in [-0.3, -0.25) is 19.4 Å². The van der Waals surface area contributed by atoms with Crippen LogP contribution in [-0.2, 0) is 14.4 Å². The van der Waals surface area contributed by atoms with E-state index in [9.17, 15) is 9.59 Å². The van der Waals surface area contributed by atoms with E-state index in [1.54, 1.807) is 24.5 Å². The molecule has 0 spiro atoms. The van der Waals surface area contributed by atoms with Crippen LogP contribution in [0.5, 0.6) is 0 Å². The average Bonchev–Trinajstić information content (AvgIpc) is 3.16. The van der Waals surface area contributed by atoms with Gasteiger partial charge < -0.3 is 9.64 Å². The highest BCUT2D eigenvalue weighted by Gasteiger charge is 2.45. The molecule has 3 atom stereocenters. The normalized spacial score (nSPS) is 29.4. The molecule has 4 rings (SSSR count). The van der Waals surface area contributed by atoms with Crippen LogP contribution in [0.3, 0.4) is 0 Å². The number of piperidine rings is 1. The van der Waals surface area contributed by atoms with E-state index in [1.165, 1.54) is 5.06 Å². The third-order valence-electron chi connectivity index (χ3n) is 5.28. The molecule has 1 aromatic heterocycles. The summed E-state index contributed by atoms with van der Waals surface area (Å²) in [5.41, 5.74) is 0.551. The first-order valence-corrected chi connectivity index (χ1v) is 9.01. The van der Waals surface area contributed by atoms with Crippen LogP contribution in [0.1, 0.15) is 36.0 Å². The third-order valence-corrected chi connectivity index (χ3v) is 5.28. The minimum atomic E-state index is -0.280. The predicted octanol–water partition coefficient (Wildman–Crippen LogP) is 1.26. The van der Waals surface area contributed by atoms with E-state index in [2.05, 4.69) is 4.98 Å². The number of hydrogen-bond acceptors (Lipinski definition) is 5. The first-order chi connectivity index (χ1) is 12.2. The maximum absolute atomic E-state index is 13.0. The molecule has 3 fully saturated rings. The minimum absolute atomic E-state index is 0.0300. The van der Waals surface area contributed by atoms with Gasteiger partial charge in [0.2, 0.25) is 0 Å². The van der Waals surface area contributed by atoms with Gasteiger partial charge in [-0.2, -0.15) is 0 Å². The molecule has 0 aromatic carbocycles. The second kappa shape index (κ2) is 7.09. The number of nitrogens with zero attached hydrogens (tertiary/aromatic N) is 3. The molecular formula is C18H23N3O4. The number of pyridine rings is 1. The van der Waals surface area contributed by atoms with Gasteiger partial charge in [-0.1, -0.05) is 0 Å². The fraction of sp³-hybridized carbons (Fsp3) is 0.611. The number of ether oxygens (including phenoxy) is 1. The maximum atomic E-state index is 13.0. The van der Waals surface area contributed by atoms with Crippen molar-refractivity contribution < 1.29 is 19.2 Å². The van der Waals surface area contributed by atoms with E-state index < -0.39 is 0 Å². The largest absolute Gasteiger partial charge is 0.376 e. The quantitative estimate of drug-likeness (QED) is 0.807. The van der Waals surface area contributed by atoms with Crippen LogP contribution in [0.4, 0.5) is 0 Å². The van der Waals surface area contributed by atoms with Crippen LogP contribution in [0.15, 0.2) is 24.5 Å². The number of hydrogen-bond donors (Lipinski definition) is 0. The van der Waals surface area contributed by atoms with E-state index in [0.29, 0.717) is 38.3 Å². The summed E-state index contributed by atoms with van der Waals surface area (Å²) in [4.78, 5) is 37.2. The van der Waals surface area contributed by atoms with Crippen molar-refractivity contribution in [3.63, 3.8) is 0 Å². The van der Waals surface area contributed by atoms with E-state index in [1.807, 2.05) is 4.90 Å². The molecule has 0 N–H and O–H groups in total. The Morgan fingerprint density at radius 2 is 2.16 bits per heavy atom. The van der Waals surface area contributed by atoms with Crippen molar-refractivity contribution in [2.24, 2.45) is 5.92 Å². The van der Waals surface area contributed by atoms with Crippen LogP contribution in [0, 0.1) is 5.92 Å². The SMILES string of the molecule is O=C([C@@H]1C[C@@H]2OCC[C@@H]2N(C(=O)c2cccnc2)C1)N1CCCCO1. The average molecular weight is 345 g/mol. The molecule has 0 unspecified atom stereocenters. The lowest BCUT2D eigenvalue weighted by Crippen LogP contribution is -2.55. The number of carbonyl (C=O) groups excluding carboxylic acids is 2. The number of amides is 2. The molecule has 134 valence electrons. The van der Waals surface area contributed by atoms with E-state index in [4.69, 9.17) is 9.57 Å². The molecule has 4 heterocycles. The Bertz CT molecular complexity index is 632. The maximum Gasteiger partial charge on any atom is 0.255 e. The molecule has 0 saturated carbocycles. The fourth-order valence-electron chi connectivity index (χ4n) is 3.99. The van der Waals surface area contributed by atoms with Gasteiger partial charge in [0.25, 0.3) is 11.8 Å².